The van der Waals surface area contributed by atoms with Gasteiger partial charge in [-0.3, -0.25) is 0 Å². The Morgan fingerprint density at radius 3 is 0.848 bits per heavy atom. The van der Waals surface area contributed by atoms with Crippen LogP contribution >= 0.6 is 0 Å². The van der Waals surface area contributed by atoms with E-state index in [1.807, 2.05) is 0 Å². The van der Waals surface area contributed by atoms with Gasteiger partial charge >= 0.3 is 68.3 Å². The zero-order valence-corrected chi connectivity index (χ0v) is 24.3. The predicted molar refractivity (Wildman–Crippen MR) is 114 cm³/mol. The monoisotopic (exact) mass is 752 g/mol. The molecule has 0 bridgehead atoms. The summed E-state index contributed by atoms with van der Waals surface area (Å²) in [5.74, 6) is -77.2. The molecule has 278 valence electrons. The summed E-state index contributed by atoms with van der Waals surface area (Å²) in [6.45, 7) is 2.85. The quantitative estimate of drug-likeness (QED) is 0.0916. The molecule has 0 spiro atoms. The standard InChI is InChI=1S/C21H25F21O3Si/c1-4-8-43-46(44-9-5-2,45-10-6-3)11-7-12(22,23)13(24,25)14(26,27)15(28,29)16(30,31)17(32,33)18(34,35)19(36,37)20(38,39)21(40,41)42/h4-11H2,1-3H3. The van der Waals surface area contributed by atoms with E-state index in [1.165, 1.54) is 20.8 Å². The molecule has 0 aromatic heterocycles. The minimum atomic E-state index is -9.20. The maximum absolute atomic E-state index is 14.5. The largest absolute Gasteiger partial charge is 0.501 e. The third-order valence-corrected chi connectivity index (χ3v) is 8.69. The van der Waals surface area contributed by atoms with E-state index >= 15 is 0 Å². The molecule has 25 heteroatoms. The highest BCUT2D eigenvalue weighted by molar-refractivity contribution is 6.60. The fourth-order valence-electron chi connectivity index (χ4n) is 3.17. The molecule has 0 saturated carbocycles. The first-order valence-electron chi connectivity index (χ1n) is 12.5. The fraction of sp³-hybridized carbons (Fsp3) is 1.00. The van der Waals surface area contributed by atoms with Gasteiger partial charge in [-0.05, 0) is 19.3 Å². The van der Waals surface area contributed by atoms with Crippen LogP contribution in [0.3, 0.4) is 0 Å². The van der Waals surface area contributed by atoms with Crippen LogP contribution in [-0.2, 0) is 13.3 Å². The van der Waals surface area contributed by atoms with Gasteiger partial charge in [0.1, 0.15) is 0 Å². The van der Waals surface area contributed by atoms with Crippen LogP contribution in [0.25, 0.3) is 0 Å². The van der Waals surface area contributed by atoms with Gasteiger partial charge in [0, 0.05) is 32.3 Å². The number of rotatable bonds is 20. The zero-order chi connectivity index (χ0) is 37.3. The Morgan fingerprint density at radius 1 is 0.370 bits per heavy atom. The molecule has 0 radical (unpaired) electrons. The van der Waals surface area contributed by atoms with Crippen molar-refractivity contribution in [3.63, 3.8) is 0 Å². The van der Waals surface area contributed by atoms with Crippen molar-refractivity contribution >= 4 is 8.80 Å². The second kappa shape index (κ2) is 13.9. The first kappa shape index (κ1) is 44.6. The van der Waals surface area contributed by atoms with Crippen molar-refractivity contribution in [2.75, 3.05) is 19.8 Å². The molecule has 0 amide bonds. The Labute approximate surface area is 247 Å². The number of halogens is 21. The van der Waals surface area contributed by atoms with E-state index in [0.29, 0.717) is 0 Å². The molecule has 0 atom stereocenters. The summed E-state index contributed by atoms with van der Waals surface area (Å²) in [4.78, 5) is 0. The minimum absolute atomic E-state index is 0.0401. The Balaban J connectivity index is 6.94. The van der Waals surface area contributed by atoms with Crippen molar-refractivity contribution in [1.82, 2.24) is 0 Å². The van der Waals surface area contributed by atoms with Crippen molar-refractivity contribution in [1.29, 1.82) is 0 Å². The zero-order valence-electron chi connectivity index (χ0n) is 23.3. The minimum Gasteiger partial charge on any atom is -0.373 e. The molecule has 0 heterocycles. The van der Waals surface area contributed by atoms with E-state index < -0.39 is 101 Å². The van der Waals surface area contributed by atoms with Gasteiger partial charge in [0.2, 0.25) is 0 Å². The SMILES string of the molecule is CCCO[Si](CCC(F)(F)C(F)(F)C(F)(F)C(F)(F)C(F)(F)C(F)(F)C(F)(F)C(F)(F)C(F)(F)C(F)(F)F)(OCCC)OCCC. The fourth-order valence-corrected chi connectivity index (χ4v) is 6.02. The summed E-state index contributed by atoms with van der Waals surface area (Å²) >= 11 is 0. The molecule has 0 aliphatic carbocycles. The Morgan fingerprint density at radius 2 is 0.609 bits per heavy atom. The van der Waals surface area contributed by atoms with Gasteiger partial charge in [0.25, 0.3) is 0 Å². The maximum atomic E-state index is 14.5. The van der Waals surface area contributed by atoms with Gasteiger partial charge in [-0.15, -0.1) is 0 Å². The van der Waals surface area contributed by atoms with E-state index in [0.717, 1.165) is 0 Å². The molecule has 0 N–H and O–H groups in total. The van der Waals surface area contributed by atoms with Crippen molar-refractivity contribution in [2.45, 2.75) is 112 Å². The average molecular weight is 752 g/mol. The van der Waals surface area contributed by atoms with Crippen LogP contribution in [0.1, 0.15) is 46.5 Å². The Bertz CT molecular complexity index is 961. The lowest BCUT2D eigenvalue weighted by molar-refractivity contribution is -0.474. The van der Waals surface area contributed by atoms with Crippen molar-refractivity contribution in [3.05, 3.63) is 0 Å². The number of alkyl halides is 21. The second-order valence-corrected chi connectivity index (χ2v) is 12.3. The van der Waals surface area contributed by atoms with Crippen molar-refractivity contribution < 1.29 is 105 Å². The molecule has 0 aromatic rings. The van der Waals surface area contributed by atoms with Crippen LogP contribution < -0.4 is 0 Å². The summed E-state index contributed by atoms with van der Waals surface area (Å²) in [5.41, 5.74) is 0. The summed E-state index contributed by atoms with van der Waals surface area (Å²) in [6, 6.07) is -1.69. The van der Waals surface area contributed by atoms with Crippen LogP contribution in [0, 0.1) is 0 Å². The number of hydrogen-bond acceptors (Lipinski definition) is 3. The first-order chi connectivity index (χ1) is 20.1. The summed E-state index contributed by atoms with van der Waals surface area (Å²) in [5, 5.41) is 0. The highest BCUT2D eigenvalue weighted by Gasteiger charge is 2.97. The molecule has 0 unspecified atom stereocenters. The van der Waals surface area contributed by atoms with Gasteiger partial charge in [-0.2, -0.15) is 92.2 Å². The van der Waals surface area contributed by atoms with Gasteiger partial charge in [-0.25, -0.2) is 0 Å². The predicted octanol–water partition coefficient (Wildman–Crippen LogP) is 9.88. The highest BCUT2D eigenvalue weighted by atomic mass is 28.4. The lowest BCUT2D eigenvalue weighted by Crippen LogP contribution is -2.76. The molecular formula is C21H25F21O3Si. The summed E-state index contributed by atoms with van der Waals surface area (Å²) in [7, 11) is -4.66. The Hall–Kier alpha value is -1.37. The lowest BCUT2D eigenvalue weighted by atomic mass is 9.86. The average Bonchev–Trinajstić information content (AvgIpc) is 2.90. The van der Waals surface area contributed by atoms with Crippen LogP contribution in [0.2, 0.25) is 6.04 Å². The highest BCUT2D eigenvalue weighted by Crippen LogP contribution is 2.66. The molecule has 3 nitrogen and oxygen atoms in total. The van der Waals surface area contributed by atoms with E-state index in [4.69, 9.17) is 13.3 Å². The molecule has 0 aromatic carbocycles. The third kappa shape index (κ3) is 7.15. The number of hydrogen-bond donors (Lipinski definition) is 0. The van der Waals surface area contributed by atoms with E-state index in [2.05, 4.69) is 0 Å². The Kier molecular flexibility index (Phi) is 13.4. The summed E-state index contributed by atoms with van der Waals surface area (Å²) < 4.78 is 301. The van der Waals surface area contributed by atoms with Crippen LogP contribution in [0.5, 0.6) is 0 Å². The smallest absolute Gasteiger partial charge is 0.373 e. The molecule has 0 saturated heterocycles. The van der Waals surface area contributed by atoms with Gasteiger partial charge in [-0.1, -0.05) is 20.8 Å². The van der Waals surface area contributed by atoms with Crippen LogP contribution in [0.15, 0.2) is 0 Å². The molecule has 46 heavy (non-hydrogen) atoms. The molecule has 0 aliphatic rings. The normalized spacial score (nSPS) is 15.9. The van der Waals surface area contributed by atoms with Crippen molar-refractivity contribution in [3.8, 4) is 0 Å². The lowest BCUT2D eigenvalue weighted by Gasteiger charge is -2.44. The van der Waals surface area contributed by atoms with Gasteiger partial charge in [0.05, 0.1) is 0 Å². The van der Waals surface area contributed by atoms with Crippen LogP contribution in [0.4, 0.5) is 92.2 Å². The first-order valence-corrected chi connectivity index (χ1v) is 14.5. The summed E-state index contributed by atoms with van der Waals surface area (Å²) in [6.07, 6.45) is -10.7. The van der Waals surface area contributed by atoms with Crippen LogP contribution in [-0.4, -0.2) is 88.1 Å². The third-order valence-electron chi connectivity index (χ3n) is 5.90. The van der Waals surface area contributed by atoms with E-state index in [1.54, 1.807) is 0 Å². The molecular weight excluding hydrogens is 727 g/mol. The molecule has 0 rings (SSSR count). The topological polar surface area (TPSA) is 27.7 Å². The van der Waals surface area contributed by atoms with Gasteiger partial charge < -0.3 is 13.3 Å². The molecule has 0 aliphatic heterocycles. The molecule has 0 fully saturated rings. The van der Waals surface area contributed by atoms with E-state index in [9.17, 15) is 92.2 Å². The maximum Gasteiger partial charge on any atom is 0.501 e. The van der Waals surface area contributed by atoms with E-state index in [-0.39, 0.29) is 19.3 Å². The van der Waals surface area contributed by atoms with Gasteiger partial charge in [0.15, 0.2) is 0 Å². The van der Waals surface area contributed by atoms with Crippen molar-refractivity contribution in [2.24, 2.45) is 0 Å². The second-order valence-electron chi connectivity index (χ2n) is 9.53.